The first-order valence-corrected chi connectivity index (χ1v) is 9.44. The van der Waals surface area contributed by atoms with Gasteiger partial charge in [-0.3, -0.25) is 9.38 Å². The van der Waals surface area contributed by atoms with E-state index in [4.69, 9.17) is 22.7 Å². The first-order chi connectivity index (χ1) is 13.4. The molecule has 11 heteroatoms. The molecule has 1 atom stereocenters. The summed E-state index contributed by atoms with van der Waals surface area (Å²) in [5, 5.41) is 11.9. The second kappa shape index (κ2) is 7.44. The summed E-state index contributed by atoms with van der Waals surface area (Å²) in [5.74, 6) is -0.0868. The predicted octanol–water partition coefficient (Wildman–Crippen LogP) is 2.75. The van der Waals surface area contributed by atoms with Crippen molar-refractivity contribution in [3.05, 3.63) is 35.5 Å². The number of nitrogens with two attached hydrogens (primary N) is 1. The largest absolute Gasteiger partial charge is 0.370 e. The van der Waals surface area contributed by atoms with Crippen molar-refractivity contribution in [2.75, 3.05) is 18.4 Å². The average Bonchev–Trinajstić information content (AvgIpc) is 2.99. The average molecular weight is 421 g/mol. The second-order valence-electron chi connectivity index (χ2n) is 6.62. The maximum Gasteiger partial charge on any atom is 0.188 e. The molecule has 1 saturated heterocycles. The van der Waals surface area contributed by atoms with Crippen LogP contribution in [0, 0.1) is 11.2 Å². The number of pyridine rings is 1. The molecule has 28 heavy (non-hydrogen) atoms. The molecule has 0 radical (unpaired) electrons. The van der Waals surface area contributed by atoms with Gasteiger partial charge in [0.1, 0.15) is 0 Å². The molecule has 0 aromatic carbocycles. The first kappa shape index (κ1) is 18.8. The van der Waals surface area contributed by atoms with Crippen LogP contribution in [0.1, 0.15) is 12.8 Å². The van der Waals surface area contributed by atoms with Crippen LogP contribution in [0.2, 0.25) is 5.02 Å². The molecule has 0 saturated carbocycles. The van der Waals surface area contributed by atoms with Gasteiger partial charge in [-0.2, -0.15) is 0 Å². The SMILES string of the molecule is N=C(N)N1CCCC(Nc2nc(-c3cn(S)c4ncc(Cl)cc34)ncc2F)C1. The van der Waals surface area contributed by atoms with Crippen molar-refractivity contribution in [3.8, 4) is 11.4 Å². The van der Waals surface area contributed by atoms with E-state index in [1.807, 2.05) is 0 Å². The van der Waals surface area contributed by atoms with Crippen molar-refractivity contribution >= 4 is 47.2 Å². The lowest BCUT2D eigenvalue weighted by Crippen LogP contribution is -2.47. The lowest BCUT2D eigenvalue weighted by molar-refractivity contribution is 0.316. The van der Waals surface area contributed by atoms with Gasteiger partial charge >= 0.3 is 0 Å². The van der Waals surface area contributed by atoms with Crippen molar-refractivity contribution < 1.29 is 4.39 Å². The number of likely N-dealkylation sites (tertiary alicyclic amines) is 1. The molecule has 3 aromatic rings. The number of fused-ring (bicyclic) bond motifs is 1. The Balaban J connectivity index is 1.66. The molecule has 146 valence electrons. The lowest BCUT2D eigenvalue weighted by Gasteiger charge is -2.33. The van der Waals surface area contributed by atoms with Crippen LogP contribution >= 0.6 is 24.4 Å². The van der Waals surface area contributed by atoms with Crippen LogP contribution in [0.15, 0.2) is 24.7 Å². The van der Waals surface area contributed by atoms with Crippen molar-refractivity contribution in [1.82, 2.24) is 23.8 Å². The van der Waals surface area contributed by atoms with Crippen LogP contribution in [0.25, 0.3) is 22.4 Å². The molecule has 8 nitrogen and oxygen atoms in total. The summed E-state index contributed by atoms with van der Waals surface area (Å²) in [6, 6.07) is 1.68. The van der Waals surface area contributed by atoms with Crippen molar-refractivity contribution in [1.29, 1.82) is 5.41 Å². The molecule has 0 bridgehead atoms. The maximum atomic E-state index is 14.4. The molecule has 0 spiro atoms. The van der Waals surface area contributed by atoms with E-state index in [-0.39, 0.29) is 17.8 Å². The first-order valence-electron chi connectivity index (χ1n) is 8.66. The Kier molecular flexibility index (Phi) is 4.98. The highest BCUT2D eigenvalue weighted by Crippen LogP contribution is 2.31. The number of guanidine groups is 1. The standard InChI is InChI=1S/C17H18ClFN8S/c18-9-4-11-12(8-27(28)16(11)23-5-9)14-22-6-13(19)15(25-14)24-10-2-1-3-26(7-10)17(20)21/h4-6,8,10,28H,1-3,7H2,(H3,20,21)(H,22,24,25). The fourth-order valence-electron chi connectivity index (χ4n) is 3.35. The number of anilines is 1. The van der Waals surface area contributed by atoms with Gasteiger partial charge < -0.3 is 16.0 Å². The van der Waals surface area contributed by atoms with Gasteiger partial charge in [0.05, 0.1) is 11.2 Å². The molecular formula is C17H18ClFN8S. The molecule has 4 N–H and O–H groups in total. The minimum absolute atomic E-state index is 0.0151. The van der Waals surface area contributed by atoms with Crippen LogP contribution in [0.5, 0.6) is 0 Å². The molecule has 0 amide bonds. The number of piperidine rings is 1. The van der Waals surface area contributed by atoms with Crippen molar-refractivity contribution in [3.63, 3.8) is 0 Å². The number of nitrogens with zero attached hydrogens (tertiary/aromatic N) is 5. The Morgan fingerprint density at radius 2 is 2.21 bits per heavy atom. The van der Waals surface area contributed by atoms with E-state index in [0.29, 0.717) is 28.6 Å². The molecule has 4 heterocycles. The van der Waals surface area contributed by atoms with E-state index >= 15 is 0 Å². The fourth-order valence-corrected chi connectivity index (χ4v) is 3.78. The highest BCUT2D eigenvalue weighted by atomic mass is 35.5. The molecular weight excluding hydrogens is 403 g/mol. The van der Waals surface area contributed by atoms with Crippen LogP contribution in [0.3, 0.4) is 0 Å². The Morgan fingerprint density at radius 1 is 1.39 bits per heavy atom. The Morgan fingerprint density at radius 3 is 3.00 bits per heavy atom. The molecule has 0 aliphatic carbocycles. The smallest absolute Gasteiger partial charge is 0.188 e. The number of rotatable bonds is 3. The van der Waals surface area contributed by atoms with Crippen LogP contribution in [-0.4, -0.2) is 48.9 Å². The van der Waals surface area contributed by atoms with Crippen LogP contribution < -0.4 is 11.1 Å². The molecule has 1 fully saturated rings. The van der Waals surface area contributed by atoms with E-state index in [1.54, 1.807) is 21.1 Å². The number of nitrogens with one attached hydrogen (secondary N) is 2. The van der Waals surface area contributed by atoms with Gasteiger partial charge in [-0.25, -0.2) is 19.3 Å². The zero-order valence-corrected chi connectivity index (χ0v) is 16.4. The highest BCUT2D eigenvalue weighted by Gasteiger charge is 2.23. The van der Waals surface area contributed by atoms with Gasteiger partial charge in [-0.15, -0.1) is 0 Å². The number of hydrogen-bond donors (Lipinski definition) is 4. The van der Waals surface area contributed by atoms with Gasteiger partial charge in [0.25, 0.3) is 0 Å². The fraction of sp³-hybridized carbons (Fsp3) is 0.294. The van der Waals surface area contributed by atoms with Gasteiger partial charge in [-0.1, -0.05) is 24.4 Å². The molecule has 3 aromatic heterocycles. The summed E-state index contributed by atoms with van der Waals surface area (Å²) in [6.07, 6.45) is 6.07. The minimum atomic E-state index is -0.547. The van der Waals surface area contributed by atoms with E-state index in [1.165, 1.54) is 6.20 Å². The summed E-state index contributed by atoms with van der Waals surface area (Å²) >= 11 is 10.4. The highest BCUT2D eigenvalue weighted by molar-refractivity contribution is 7.78. The summed E-state index contributed by atoms with van der Waals surface area (Å²) in [6.45, 7) is 1.24. The normalized spacial score (nSPS) is 17.1. The van der Waals surface area contributed by atoms with E-state index in [0.717, 1.165) is 31.0 Å². The minimum Gasteiger partial charge on any atom is -0.370 e. The zero-order chi connectivity index (χ0) is 19.8. The number of aromatic nitrogens is 4. The third-order valence-corrected chi connectivity index (χ3v) is 5.19. The molecule has 1 aliphatic heterocycles. The summed E-state index contributed by atoms with van der Waals surface area (Å²) in [7, 11) is 0. The summed E-state index contributed by atoms with van der Waals surface area (Å²) in [4.78, 5) is 14.5. The van der Waals surface area contributed by atoms with E-state index < -0.39 is 5.82 Å². The Bertz CT molecular complexity index is 1060. The quantitative estimate of drug-likeness (QED) is 0.295. The van der Waals surface area contributed by atoms with Crippen molar-refractivity contribution in [2.45, 2.75) is 18.9 Å². The molecule has 4 rings (SSSR count). The predicted molar refractivity (Wildman–Crippen MR) is 110 cm³/mol. The van der Waals surface area contributed by atoms with Gasteiger partial charge in [0.15, 0.2) is 29.1 Å². The number of thiol groups is 1. The Hall–Kier alpha value is -2.59. The summed E-state index contributed by atoms with van der Waals surface area (Å²) in [5.41, 5.74) is 6.83. The Labute approximate surface area is 171 Å². The zero-order valence-electron chi connectivity index (χ0n) is 14.7. The van der Waals surface area contributed by atoms with Crippen LogP contribution in [0.4, 0.5) is 10.2 Å². The van der Waals surface area contributed by atoms with Gasteiger partial charge in [0.2, 0.25) is 0 Å². The van der Waals surface area contributed by atoms with E-state index in [9.17, 15) is 4.39 Å². The van der Waals surface area contributed by atoms with Crippen molar-refractivity contribution in [2.24, 2.45) is 5.73 Å². The lowest BCUT2D eigenvalue weighted by atomic mass is 10.1. The monoisotopic (exact) mass is 420 g/mol. The number of hydrogen-bond acceptors (Lipinski definition) is 6. The third-order valence-electron chi connectivity index (χ3n) is 4.68. The van der Waals surface area contributed by atoms with Crippen LogP contribution in [-0.2, 0) is 0 Å². The third kappa shape index (κ3) is 3.57. The number of halogens is 2. The second-order valence-corrected chi connectivity index (χ2v) is 7.48. The van der Waals surface area contributed by atoms with E-state index in [2.05, 4.69) is 33.1 Å². The molecule has 1 unspecified atom stereocenters. The topological polar surface area (TPSA) is 109 Å². The maximum absolute atomic E-state index is 14.4. The molecule has 1 aliphatic rings. The van der Waals surface area contributed by atoms with Gasteiger partial charge in [-0.05, 0) is 18.9 Å². The van der Waals surface area contributed by atoms with Gasteiger partial charge in [0, 0.05) is 42.5 Å². The summed E-state index contributed by atoms with van der Waals surface area (Å²) < 4.78 is 15.9.